The predicted octanol–water partition coefficient (Wildman–Crippen LogP) is 1.65. The number of carbonyl (C=O) groups excluding carboxylic acids is 2. The van der Waals surface area contributed by atoms with Gasteiger partial charge in [-0.25, -0.2) is 14.2 Å². The van der Waals surface area contributed by atoms with E-state index < -0.39 is 35.1 Å². The highest BCUT2D eigenvalue weighted by Crippen LogP contribution is 2.26. The lowest BCUT2D eigenvalue weighted by atomic mass is 10.1. The first-order chi connectivity index (χ1) is 12.5. The van der Waals surface area contributed by atoms with Gasteiger partial charge in [0.2, 0.25) is 0 Å². The number of H-pyrrole nitrogens is 1. The monoisotopic (exact) mass is 386 g/mol. The van der Waals surface area contributed by atoms with Crippen LogP contribution in [0.5, 0.6) is 5.75 Å². The maximum Gasteiger partial charge on any atom is 0.431 e. The average Bonchev–Trinajstić information content (AvgIpc) is 2.54. The van der Waals surface area contributed by atoms with Crippen LogP contribution in [0.1, 0.15) is 29.9 Å². The second kappa shape index (κ2) is 7.48. The topological polar surface area (TPSA) is 107 Å². The van der Waals surface area contributed by atoms with Crippen LogP contribution in [0.4, 0.5) is 13.2 Å². The molecule has 8 nitrogen and oxygen atoms in total. The third-order valence-corrected chi connectivity index (χ3v) is 3.21. The maximum atomic E-state index is 12.7. The molecule has 0 unspecified atom stereocenters. The Hall–Kier alpha value is -3.37. The molecule has 1 aromatic carbocycles. The van der Waals surface area contributed by atoms with Crippen LogP contribution >= 0.6 is 0 Å². The molecule has 1 heterocycles. The van der Waals surface area contributed by atoms with Crippen molar-refractivity contribution >= 4 is 11.9 Å². The third kappa shape index (κ3) is 4.43. The number of nitrogens with zero attached hydrogens (tertiary/aromatic N) is 1. The Labute approximate surface area is 149 Å². The van der Waals surface area contributed by atoms with Crippen LogP contribution in [0.3, 0.4) is 0 Å². The summed E-state index contributed by atoms with van der Waals surface area (Å²) in [6, 6.07) is 3.46. The van der Waals surface area contributed by atoms with Crippen molar-refractivity contribution in [2.24, 2.45) is 0 Å². The van der Waals surface area contributed by atoms with E-state index in [1.165, 1.54) is 6.92 Å². The molecule has 1 N–H and O–H groups in total. The molecule has 144 valence electrons. The molecule has 27 heavy (non-hydrogen) atoms. The summed E-state index contributed by atoms with van der Waals surface area (Å²) in [6.45, 7) is 2.61. The fourth-order valence-electron chi connectivity index (χ4n) is 2.16. The fourth-order valence-corrected chi connectivity index (χ4v) is 2.16. The summed E-state index contributed by atoms with van der Waals surface area (Å²) in [5.74, 6) is -1.84. The van der Waals surface area contributed by atoms with Gasteiger partial charge in [-0.2, -0.15) is 13.2 Å². The highest BCUT2D eigenvalue weighted by Gasteiger charge is 2.33. The van der Waals surface area contributed by atoms with Crippen LogP contribution in [0.15, 0.2) is 33.9 Å². The number of alkyl halides is 3. The number of aromatic amines is 1. The number of esters is 2. The van der Waals surface area contributed by atoms with Gasteiger partial charge in [-0.15, -0.1) is 0 Å². The summed E-state index contributed by atoms with van der Waals surface area (Å²) in [7, 11) is 0. The van der Waals surface area contributed by atoms with E-state index in [-0.39, 0.29) is 29.7 Å². The molecular weight excluding hydrogens is 373 g/mol. The Bertz CT molecular complexity index is 975. The largest absolute Gasteiger partial charge is 0.462 e. The van der Waals surface area contributed by atoms with E-state index in [2.05, 4.69) is 0 Å². The second-order valence-corrected chi connectivity index (χ2v) is 5.15. The molecule has 0 bridgehead atoms. The first-order valence-electron chi connectivity index (χ1n) is 7.48. The zero-order valence-electron chi connectivity index (χ0n) is 14.0. The van der Waals surface area contributed by atoms with Crippen LogP contribution in [0.25, 0.3) is 5.69 Å². The number of halogens is 3. The molecule has 0 atom stereocenters. The molecule has 0 aliphatic heterocycles. The number of ether oxygens (including phenoxy) is 2. The first-order valence-corrected chi connectivity index (χ1v) is 7.48. The Morgan fingerprint density at radius 1 is 1.19 bits per heavy atom. The molecular formula is C16H13F3N2O6. The number of hydrogen-bond acceptors (Lipinski definition) is 6. The maximum absolute atomic E-state index is 12.7. The van der Waals surface area contributed by atoms with Gasteiger partial charge in [0.15, 0.2) is 0 Å². The quantitative estimate of drug-likeness (QED) is 0.632. The van der Waals surface area contributed by atoms with Gasteiger partial charge in [0.1, 0.15) is 17.0 Å². The number of hydrogen-bond donors (Lipinski definition) is 1. The van der Waals surface area contributed by atoms with Gasteiger partial charge in [0.25, 0.3) is 5.56 Å². The Kier molecular flexibility index (Phi) is 5.52. The van der Waals surface area contributed by atoms with E-state index in [9.17, 15) is 32.3 Å². The molecule has 0 fully saturated rings. The minimum absolute atomic E-state index is 0.0105. The Morgan fingerprint density at radius 3 is 2.37 bits per heavy atom. The summed E-state index contributed by atoms with van der Waals surface area (Å²) in [5, 5.41) is 0. The molecule has 11 heteroatoms. The summed E-state index contributed by atoms with van der Waals surface area (Å²) in [4.78, 5) is 48.8. The molecule has 1 aromatic heterocycles. The van der Waals surface area contributed by atoms with E-state index in [1.807, 2.05) is 0 Å². The summed E-state index contributed by atoms with van der Waals surface area (Å²) < 4.78 is 48.1. The van der Waals surface area contributed by atoms with Crippen molar-refractivity contribution in [1.82, 2.24) is 9.55 Å². The molecule has 0 saturated heterocycles. The van der Waals surface area contributed by atoms with E-state index >= 15 is 0 Å². The van der Waals surface area contributed by atoms with Crippen molar-refractivity contribution < 1.29 is 32.2 Å². The minimum Gasteiger partial charge on any atom is -0.462 e. The lowest BCUT2D eigenvalue weighted by molar-refractivity contribution is -0.141. The molecule has 2 rings (SSSR count). The lowest BCUT2D eigenvalue weighted by Crippen LogP contribution is -2.35. The molecule has 0 spiro atoms. The van der Waals surface area contributed by atoms with E-state index in [0.29, 0.717) is 4.57 Å². The van der Waals surface area contributed by atoms with Gasteiger partial charge in [-0.1, -0.05) is 0 Å². The van der Waals surface area contributed by atoms with Gasteiger partial charge in [0, 0.05) is 13.0 Å². The standard InChI is InChI=1S/C16H13F3N2O6/c1-3-26-14(24)10-6-9(4-5-11(10)27-8(2)22)21-13(23)7-12(16(17,18)19)20-15(21)25/h4-7H,3H2,1-2H3,(H,20,25). The van der Waals surface area contributed by atoms with Gasteiger partial charge >= 0.3 is 23.8 Å². The van der Waals surface area contributed by atoms with Crippen LogP contribution in [0, 0.1) is 0 Å². The smallest absolute Gasteiger partial charge is 0.431 e. The second-order valence-electron chi connectivity index (χ2n) is 5.15. The van der Waals surface area contributed by atoms with Crippen molar-refractivity contribution in [2.45, 2.75) is 20.0 Å². The van der Waals surface area contributed by atoms with Crippen molar-refractivity contribution in [2.75, 3.05) is 6.61 Å². The van der Waals surface area contributed by atoms with Gasteiger partial charge in [-0.05, 0) is 25.1 Å². The summed E-state index contributed by atoms with van der Waals surface area (Å²) in [5.41, 5.74) is -4.62. The van der Waals surface area contributed by atoms with Crippen molar-refractivity contribution in [1.29, 1.82) is 0 Å². The fraction of sp³-hybridized carbons (Fsp3) is 0.250. The number of nitrogens with one attached hydrogen (secondary N) is 1. The predicted molar refractivity (Wildman–Crippen MR) is 84.9 cm³/mol. The third-order valence-electron chi connectivity index (χ3n) is 3.21. The average molecular weight is 386 g/mol. The summed E-state index contributed by atoms with van der Waals surface area (Å²) >= 11 is 0. The van der Waals surface area contributed by atoms with Crippen LogP contribution in [-0.2, 0) is 15.7 Å². The zero-order chi connectivity index (χ0) is 20.4. The van der Waals surface area contributed by atoms with Gasteiger partial charge in [-0.3, -0.25) is 9.59 Å². The van der Waals surface area contributed by atoms with Crippen molar-refractivity contribution in [3.05, 3.63) is 56.4 Å². The number of carbonyl (C=O) groups is 2. The molecule has 2 aromatic rings. The van der Waals surface area contributed by atoms with Crippen LogP contribution in [0.2, 0.25) is 0 Å². The van der Waals surface area contributed by atoms with Gasteiger partial charge in [0.05, 0.1) is 12.3 Å². The van der Waals surface area contributed by atoms with E-state index in [1.54, 1.807) is 4.98 Å². The minimum atomic E-state index is -4.91. The Morgan fingerprint density at radius 2 is 1.85 bits per heavy atom. The molecule has 0 saturated carbocycles. The SMILES string of the molecule is CCOC(=O)c1cc(-n2c(=O)cc(C(F)(F)F)[nH]c2=O)ccc1OC(C)=O. The number of aromatic nitrogens is 2. The number of rotatable bonds is 4. The zero-order valence-corrected chi connectivity index (χ0v) is 14.0. The van der Waals surface area contributed by atoms with Crippen molar-refractivity contribution in [3.63, 3.8) is 0 Å². The molecule has 0 radical (unpaired) electrons. The normalized spacial score (nSPS) is 11.1. The lowest BCUT2D eigenvalue weighted by Gasteiger charge is -2.12. The van der Waals surface area contributed by atoms with E-state index in [0.717, 1.165) is 25.1 Å². The molecule has 0 amide bonds. The van der Waals surface area contributed by atoms with Gasteiger partial charge < -0.3 is 14.5 Å². The highest BCUT2D eigenvalue weighted by atomic mass is 19.4. The highest BCUT2D eigenvalue weighted by molar-refractivity contribution is 5.94. The van der Waals surface area contributed by atoms with Crippen LogP contribution < -0.4 is 16.0 Å². The van der Waals surface area contributed by atoms with Crippen molar-refractivity contribution in [3.8, 4) is 11.4 Å². The molecule has 0 aliphatic carbocycles. The molecule has 0 aliphatic rings. The number of benzene rings is 1. The Balaban J connectivity index is 2.65. The van der Waals surface area contributed by atoms with Crippen LogP contribution in [-0.4, -0.2) is 28.1 Å². The summed E-state index contributed by atoms with van der Waals surface area (Å²) in [6.07, 6.45) is -4.91. The van der Waals surface area contributed by atoms with E-state index in [4.69, 9.17) is 9.47 Å². The first kappa shape index (κ1) is 19.9.